The summed E-state index contributed by atoms with van der Waals surface area (Å²) in [6.07, 6.45) is 2.55. The zero-order valence-electron chi connectivity index (χ0n) is 5.82. The number of carbonyl (C=O) groups excluding carboxylic acids is 1. The molecule has 0 amide bonds. The Morgan fingerprint density at radius 1 is 1.50 bits per heavy atom. The van der Waals surface area contributed by atoms with Crippen LogP contribution in [0, 0.1) is 11.8 Å². The molecule has 2 unspecified atom stereocenters. The van der Waals surface area contributed by atoms with E-state index in [4.69, 9.17) is 4.84 Å². The van der Waals surface area contributed by atoms with Crippen molar-refractivity contribution >= 4 is 6.47 Å². The Balaban J connectivity index is 1.82. The summed E-state index contributed by atoms with van der Waals surface area (Å²) < 4.78 is 0. The molecule has 1 saturated heterocycles. The van der Waals surface area contributed by atoms with E-state index >= 15 is 0 Å². The van der Waals surface area contributed by atoms with Crippen molar-refractivity contribution in [2.24, 2.45) is 11.8 Å². The minimum Gasteiger partial charge on any atom is -0.371 e. The van der Waals surface area contributed by atoms with Crippen molar-refractivity contribution in [2.75, 3.05) is 13.1 Å². The van der Waals surface area contributed by atoms with Crippen LogP contribution in [0.15, 0.2) is 0 Å². The topological polar surface area (TPSA) is 29.5 Å². The molecule has 0 aromatic rings. The lowest BCUT2D eigenvalue weighted by Crippen LogP contribution is -2.31. The maximum absolute atomic E-state index is 9.93. The molecular weight excluding hydrogens is 130 g/mol. The van der Waals surface area contributed by atoms with Crippen LogP contribution in [0.2, 0.25) is 0 Å². The number of hydrogen-bond acceptors (Lipinski definition) is 3. The molecule has 2 atom stereocenters. The van der Waals surface area contributed by atoms with Crippen LogP contribution in [0.4, 0.5) is 0 Å². The lowest BCUT2D eigenvalue weighted by molar-refractivity contribution is -0.178. The number of piperidine rings is 1. The quantitative estimate of drug-likeness (QED) is 0.522. The van der Waals surface area contributed by atoms with Crippen molar-refractivity contribution < 1.29 is 9.63 Å². The van der Waals surface area contributed by atoms with E-state index in [1.165, 1.54) is 12.8 Å². The zero-order valence-corrected chi connectivity index (χ0v) is 5.82. The molecular formula is C7H11NO2. The highest BCUT2D eigenvalue weighted by Gasteiger charge is 2.42. The van der Waals surface area contributed by atoms with Crippen molar-refractivity contribution in [3.05, 3.63) is 0 Å². The number of hydroxylamine groups is 2. The van der Waals surface area contributed by atoms with Gasteiger partial charge in [-0.1, -0.05) is 0 Å². The van der Waals surface area contributed by atoms with Crippen molar-refractivity contribution in [3.63, 3.8) is 0 Å². The summed E-state index contributed by atoms with van der Waals surface area (Å²) in [5.41, 5.74) is 0. The Hall–Kier alpha value is -0.570. The first-order chi connectivity index (χ1) is 4.90. The zero-order chi connectivity index (χ0) is 6.97. The molecule has 2 aliphatic rings. The number of nitrogens with zero attached hydrogens (tertiary/aromatic N) is 1. The van der Waals surface area contributed by atoms with Crippen LogP contribution in [0.1, 0.15) is 12.8 Å². The normalized spacial score (nSPS) is 38.4. The van der Waals surface area contributed by atoms with E-state index in [9.17, 15) is 4.79 Å². The van der Waals surface area contributed by atoms with Gasteiger partial charge in [0.1, 0.15) is 0 Å². The maximum atomic E-state index is 9.93. The van der Waals surface area contributed by atoms with E-state index in [1.54, 1.807) is 5.06 Å². The lowest BCUT2D eigenvalue weighted by atomic mass is 10.2. The first-order valence-electron chi connectivity index (χ1n) is 3.75. The Kier molecular flexibility index (Phi) is 1.38. The van der Waals surface area contributed by atoms with E-state index in [0.29, 0.717) is 6.47 Å². The Morgan fingerprint density at radius 3 is 3.10 bits per heavy atom. The van der Waals surface area contributed by atoms with E-state index in [2.05, 4.69) is 0 Å². The van der Waals surface area contributed by atoms with Crippen LogP contribution in [-0.4, -0.2) is 24.6 Å². The van der Waals surface area contributed by atoms with Crippen molar-refractivity contribution in [3.8, 4) is 0 Å². The van der Waals surface area contributed by atoms with Gasteiger partial charge in [0.25, 0.3) is 0 Å². The Labute approximate surface area is 59.9 Å². The first kappa shape index (κ1) is 6.16. The molecule has 0 aromatic carbocycles. The van der Waals surface area contributed by atoms with Crippen molar-refractivity contribution in [1.82, 2.24) is 5.06 Å². The minimum atomic E-state index is 0.517. The van der Waals surface area contributed by atoms with Gasteiger partial charge in [-0.3, -0.25) is 4.79 Å². The second kappa shape index (κ2) is 2.23. The lowest BCUT2D eigenvalue weighted by Gasteiger charge is -2.22. The van der Waals surface area contributed by atoms with Crippen LogP contribution < -0.4 is 0 Å². The van der Waals surface area contributed by atoms with Crippen LogP contribution in [0.5, 0.6) is 0 Å². The predicted octanol–water partition coefficient (Wildman–Crippen LogP) is 0.416. The number of hydrogen-bond donors (Lipinski definition) is 0. The minimum absolute atomic E-state index is 0.517. The largest absolute Gasteiger partial charge is 0.371 e. The monoisotopic (exact) mass is 141 g/mol. The van der Waals surface area contributed by atoms with Crippen LogP contribution >= 0.6 is 0 Å². The molecule has 2 rings (SSSR count). The number of rotatable bonds is 2. The van der Waals surface area contributed by atoms with E-state index < -0.39 is 0 Å². The van der Waals surface area contributed by atoms with Gasteiger partial charge in [-0.2, -0.15) is 0 Å². The van der Waals surface area contributed by atoms with Crippen molar-refractivity contribution in [2.45, 2.75) is 12.8 Å². The summed E-state index contributed by atoms with van der Waals surface area (Å²) in [6, 6.07) is 0. The van der Waals surface area contributed by atoms with Gasteiger partial charge in [0.05, 0.1) is 0 Å². The summed E-state index contributed by atoms with van der Waals surface area (Å²) >= 11 is 0. The van der Waals surface area contributed by atoms with Gasteiger partial charge in [0.15, 0.2) is 0 Å². The molecule has 0 bridgehead atoms. The molecule has 1 saturated carbocycles. The second-order valence-corrected chi connectivity index (χ2v) is 3.13. The summed E-state index contributed by atoms with van der Waals surface area (Å²) in [5, 5.41) is 1.77. The Morgan fingerprint density at radius 2 is 2.40 bits per heavy atom. The van der Waals surface area contributed by atoms with Gasteiger partial charge in [0, 0.05) is 13.1 Å². The summed E-state index contributed by atoms with van der Waals surface area (Å²) in [5.74, 6) is 1.78. The van der Waals surface area contributed by atoms with Crippen LogP contribution in [-0.2, 0) is 9.63 Å². The number of fused-ring (bicyclic) bond motifs is 1. The molecule has 2 fully saturated rings. The Bertz CT molecular complexity index is 149. The average molecular weight is 141 g/mol. The molecule has 56 valence electrons. The molecule has 0 radical (unpaired) electrons. The highest BCUT2D eigenvalue weighted by atomic mass is 16.7. The van der Waals surface area contributed by atoms with Gasteiger partial charge >= 0.3 is 6.47 Å². The van der Waals surface area contributed by atoms with E-state index in [1.807, 2.05) is 0 Å². The summed E-state index contributed by atoms with van der Waals surface area (Å²) in [4.78, 5) is 14.7. The van der Waals surface area contributed by atoms with Crippen LogP contribution in [0.25, 0.3) is 0 Å². The molecule has 1 heterocycles. The van der Waals surface area contributed by atoms with Gasteiger partial charge in [-0.05, 0) is 24.7 Å². The first-order valence-corrected chi connectivity index (χ1v) is 3.75. The van der Waals surface area contributed by atoms with Crippen LogP contribution in [0.3, 0.4) is 0 Å². The average Bonchev–Trinajstić information content (AvgIpc) is 2.66. The fourth-order valence-electron chi connectivity index (χ4n) is 1.71. The highest BCUT2D eigenvalue weighted by Crippen LogP contribution is 2.44. The second-order valence-electron chi connectivity index (χ2n) is 3.13. The highest BCUT2D eigenvalue weighted by molar-refractivity contribution is 5.36. The SMILES string of the molecule is O=CON1CCC2CC2C1. The predicted molar refractivity (Wildman–Crippen MR) is 34.9 cm³/mol. The van der Waals surface area contributed by atoms with Gasteiger partial charge in [-0.15, -0.1) is 5.06 Å². The third-order valence-electron chi connectivity index (χ3n) is 2.45. The summed E-state index contributed by atoms with van der Waals surface area (Å²) in [6.45, 7) is 2.41. The van der Waals surface area contributed by atoms with E-state index in [-0.39, 0.29) is 0 Å². The molecule has 3 heteroatoms. The van der Waals surface area contributed by atoms with E-state index in [0.717, 1.165) is 24.9 Å². The molecule has 1 aliphatic heterocycles. The molecule has 0 aromatic heterocycles. The standard InChI is InChI=1S/C7H11NO2/c9-5-10-8-2-1-6-3-7(6)4-8/h5-7H,1-4H2. The summed E-state index contributed by atoms with van der Waals surface area (Å²) in [7, 11) is 0. The van der Waals surface area contributed by atoms with Gasteiger partial charge in [0.2, 0.25) is 0 Å². The smallest absolute Gasteiger partial charge is 0.312 e. The third kappa shape index (κ3) is 1.01. The maximum Gasteiger partial charge on any atom is 0.312 e. The molecule has 3 nitrogen and oxygen atoms in total. The molecule has 0 N–H and O–H groups in total. The van der Waals surface area contributed by atoms with Crippen molar-refractivity contribution in [1.29, 1.82) is 0 Å². The molecule has 0 spiro atoms. The third-order valence-corrected chi connectivity index (χ3v) is 2.45. The number of carbonyl (C=O) groups is 1. The fraction of sp³-hybridized carbons (Fsp3) is 0.857. The van der Waals surface area contributed by atoms with Gasteiger partial charge in [-0.25, -0.2) is 0 Å². The molecule has 10 heavy (non-hydrogen) atoms. The van der Waals surface area contributed by atoms with Gasteiger partial charge < -0.3 is 4.84 Å². The fourth-order valence-corrected chi connectivity index (χ4v) is 1.71. The molecule has 1 aliphatic carbocycles.